The van der Waals surface area contributed by atoms with Crippen LogP contribution in [0.2, 0.25) is 0 Å². The first-order chi connectivity index (χ1) is 16.0. The molecule has 0 saturated carbocycles. The molecule has 0 spiro atoms. The number of hydrogen-bond donors (Lipinski definition) is 0. The normalized spacial score (nSPS) is 11.2. The Morgan fingerprint density at radius 1 is 0.879 bits per heavy atom. The third-order valence-corrected chi connectivity index (χ3v) is 4.29. The molecule has 0 aromatic heterocycles. The van der Waals surface area contributed by atoms with Gasteiger partial charge in [-0.2, -0.15) is 10.5 Å². The summed E-state index contributed by atoms with van der Waals surface area (Å²) in [6.07, 6.45) is 4.76. The lowest BCUT2D eigenvalue weighted by atomic mass is 10.1. The monoisotopic (exact) mass is 444 g/mol. The molecule has 2 aromatic rings. The third kappa shape index (κ3) is 8.01. The number of nitriles is 2. The zero-order chi connectivity index (χ0) is 24.1. The predicted molar refractivity (Wildman–Crippen MR) is 123 cm³/mol. The van der Waals surface area contributed by atoms with Crippen molar-refractivity contribution >= 4 is 24.1 Å². The van der Waals surface area contributed by atoms with E-state index < -0.39 is 11.9 Å². The molecule has 2 rings (SSSR count). The summed E-state index contributed by atoms with van der Waals surface area (Å²) in [6, 6.07) is 16.9. The van der Waals surface area contributed by atoms with Crippen molar-refractivity contribution in [1.82, 2.24) is 0 Å². The van der Waals surface area contributed by atoms with Crippen molar-refractivity contribution in [1.29, 1.82) is 10.5 Å². The van der Waals surface area contributed by atoms with Gasteiger partial charge in [-0.3, -0.25) is 0 Å². The van der Waals surface area contributed by atoms with Gasteiger partial charge in [0.05, 0.1) is 13.2 Å². The quantitative estimate of drug-likeness (QED) is 0.169. The Morgan fingerprint density at radius 2 is 1.55 bits per heavy atom. The summed E-state index contributed by atoms with van der Waals surface area (Å²) in [5.74, 6) is -0.687. The average molecular weight is 444 g/mol. The molecule has 0 bridgehead atoms. The second-order valence-electron chi connectivity index (χ2n) is 6.79. The number of carbonyl (C=O) groups is 2. The minimum Gasteiger partial charge on any atom is -0.494 e. The summed E-state index contributed by atoms with van der Waals surface area (Å²) < 4.78 is 15.7. The molecule has 0 N–H and O–H groups in total. The smallest absolute Gasteiger partial charge is 0.354 e. The molecule has 0 aliphatic heterocycles. The van der Waals surface area contributed by atoms with E-state index in [0.717, 1.165) is 12.8 Å². The Labute approximate surface area is 193 Å². The van der Waals surface area contributed by atoms with Crippen molar-refractivity contribution in [3.05, 3.63) is 70.8 Å². The molecule has 0 heterocycles. The maximum absolute atomic E-state index is 12.5. The average Bonchev–Trinajstić information content (AvgIpc) is 2.82. The summed E-state index contributed by atoms with van der Waals surface area (Å²) in [4.78, 5) is 24.3. The highest BCUT2D eigenvalue weighted by atomic mass is 16.5. The lowest BCUT2D eigenvalue weighted by Crippen LogP contribution is -2.10. The zero-order valence-electron chi connectivity index (χ0n) is 18.5. The number of ether oxygens (including phenoxy) is 3. The van der Waals surface area contributed by atoms with Crippen LogP contribution in [0.1, 0.15) is 37.8 Å². The fourth-order valence-corrected chi connectivity index (χ4v) is 2.64. The molecule has 33 heavy (non-hydrogen) atoms. The van der Waals surface area contributed by atoms with Gasteiger partial charge in [-0.1, -0.05) is 37.6 Å². The molecule has 2 aromatic carbocycles. The van der Waals surface area contributed by atoms with Gasteiger partial charge in [0.2, 0.25) is 0 Å². The highest BCUT2D eigenvalue weighted by molar-refractivity contribution is 5.99. The van der Waals surface area contributed by atoms with Gasteiger partial charge in [0, 0.05) is 0 Å². The van der Waals surface area contributed by atoms with E-state index in [1.165, 1.54) is 24.3 Å². The van der Waals surface area contributed by atoms with Crippen molar-refractivity contribution in [2.45, 2.75) is 26.7 Å². The number of benzene rings is 2. The second-order valence-corrected chi connectivity index (χ2v) is 6.79. The van der Waals surface area contributed by atoms with Crippen molar-refractivity contribution in [3.63, 3.8) is 0 Å². The minimum absolute atomic E-state index is 0.146. The Bertz CT molecular complexity index is 1120. The van der Waals surface area contributed by atoms with Gasteiger partial charge < -0.3 is 14.2 Å². The van der Waals surface area contributed by atoms with Gasteiger partial charge >= 0.3 is 11.9 Å². The summed E-state index contributed by atoms with van der Waals surface area (Å²) in [7, 11) is 0. The third-order valence-electron chi connectivity index (χ3n) is 4.29. The van der Waals surface area contributed by atoms with Crippen molar-refractivity contribution < 1.29 is 23.8 Å². The van der Waals surface area contributed by atoms with Crippen LogP contribution in [0.3, 0.4) is 0 Å². The van der Waals surface area contributed by atoms with Gasteiger partial charge in [-0.25, -0.2) is 9.59 Å². The molecule has 0 amide bonds. The van der Waals surface area contributed by atoms with E-state index in [0.29, 0.717) is 23.5 Å². The molecular weight excluding hydrogens is 420 g/mol. The number of esters is 2. The van der Waals surface area contributed by atoms with Crippen LogP contribution >= 0.6 is 0 Å². The summed E-state index contributed by atoms with van der Waals surface area (Å²) >= 11 is 0. The SMILES string of the molecule is CCCCOc1ccc(/C=C(\C#N)C(=O)Oc2cccc(/C=C(\C#N)C(=O)OCC)c2)cc1. The number of carbonyl (C=O) groups excluding carboxylic acids is 2. The molecule has 0 aliphatic carbocycles. The lowest BCUT2D eigenvalue weighted by Gasteiger charge is -2.06. The Hall–Kier alpha value is -4.36. The van der Waals surface area contributed by atoms with Crippen LogP contribution in [0.5, 0.6) is 11.5 Å². The Morgan fingerprint density at radius 3 is 2.18 bits per heavy atom. The topological polar surface area (TPSA) is 109 Å². The summed E-state index contributed by atoms with van der Waals surface area (Å²) in [5, 5.41) is 18.6. The minimum atomic E-state index is -0.826. The van der Waals surface area contributed by atoms with Crippen LogP contribution in [0.15, 0.2) is 59.7 Å². The molecule has 0 atom stereocenters. The van der Waals surface area contributed by atoms with Crippen LogP contribution in [0.4, 0.5) is 0 Å². The molecule has 168 valence electrons. The lowest BCUT2D eigenvalue weighted by molar-refractivity contribution is -0.138. The standard InChI is InChI=1S/C26H24N2O5/c1-3-5-13-32-23-11-9-19(10-12-23)14-22(18-28)26(30)33-24-8-6-7-20(16-24)15-21(17-27)25(29)31-4-2/h6-12,14-16H,3-5,13H2,1-2H3/b21-15+,22-14+. The van der Waals surface area contributed by atoms with E-state index in [1.807, 2.05) is 6.07 Å². The van der Waals surface area contributed by atoms with Crippen molar-refractivity contribution in [2.75, 3.05) is 13.2 Å². The van der Waals surface area contributed by atoms with Gasteiger partial charge in [0.25, 0.3) is 0 Å². The fourth-order valence-electron chi connectivity index (χ4n) is 2.64. The highest BCUT2D eigenvalue weighted by Crippen LogP contribution is 2.19. The molecule has 7 heteroatoms. The van der Waals surface area contributed by atoms with E-state index in [-0.39, 0.29) is 23.5 Å². The predicted octanol–water partition coefficient (Wildman–Crippen LogP) is 4.85. The Kier molecular flexibility index (Phi) is 9.92. The summed E-state index contributed by atoms with van der Waals surface area (Å²) in [6.45, 7) is 4.50. The molecular formula is C26H24N2O5. The molecule has 0 fully saturated rings. The fraction of sp³-hybridized carbons (Fsp3) is 0.231. The largest absolute Gasteiger partial charge is 0.494 e. The number of rotatable bonds is 10. The Balaban J connectivity index is 2.13. The van der Waals surface area contributed by atoms with Crippen LogP contribution in [-0.2, 0) is 14.3 Å². The zero-order valence-corrected chi connectivity index (χ0v) is 18.5. The van der Waals surface area contributed by atoms with Gasteiger partial charge in [0.1, 0.15) is 34.8 Å². The van der Waals surface area contributed by atoms with Crippen LogP contribution in [0, 0.1) is 22.7 Å². The van der Waals surface area contributed by atoms with E-state index in [9.17, 15) is 14.9 Å². The maximum atomic E-state index is 12.5. The van der Waals surface area contributed by atoms with Crippen molar-refractivity contribution in [2.24, 2.45) is 0 Å². The van der Waals surface area contributed by atoms with Gasteiger partial charge in [0.15, 0.2) is 0 Å². The van der Waals surface area contributed by atoms with E-state index in [4.69, 9.17) is 19.5 Å². The molecule has 0 saturated heterocycles. The number of nitrogens with zero attached hydrogens (tertiary/aromatic N) is 2. The first kappa shape index (κ1) is 24.9. The molecule has 0 unspecified atom stereocenters. The van der Waals surface area contributed by atoms with Crippen LogP contribution in [-0.4, -0.2) is 25.2 Å². The maximum Gasteiger partial charge on any atom is 0.354 e. The van der Waals surface area contributed by atoms with Gasteiger partial charge in [-0.05, 0) is 60.9 Å². The molecule has 0 aliphatic rings. The summed E-state index contributed by atoms with van der Waals surface area (Å²) in [5.41, 5.74) is 0.752. The highest BCUT2D eigenvalue weighted by Gasteiger charge is 2.14. The van der Waals surface area contributed by atoms with Gasteiger partial charge in [-0.15, -0.1) is 0 Å². The van der Waals surface area contributed by atoms with Crippen LogP contribution in [0.25, 0.3) is 12.2 Å². The first-order valence-electron chi connectivity index (χ1n) is 10.5. The number of hydrogen-bond acceptors (Lipinski definition) is 7. The van der Waals surface area contributed by atoms with E-state index in [1.54, 1.807) is 49.4 Å². The second kappa shape index (κ2) is 13.1. The van der Waals surface area contributed by atoms with E-state index >= 15 is 0 Å². The molecule has 7 nitrogen and oxygen atoms in total. The first-order valence-corrected chi connectivity index (χ1v) is 10.5. The van der Waals surface area contributed by atoms with E-state index in [2.05, 4.69) is 6.92 Å². The van der Waals surface area contributed by atoms with Crippen molar-refractivity contribution in [3.8, 4) is 23.6 Å². The molecule has 0 radical (unpaired) electrons. The van der Waals surface area contributed by atoms with Crippen LogP contribution < -0.4 is 9.47 Å². The number of unbranched alkanes of at least 4 members (excludes halogenated alkanes) is 1.